The molecule has 1 aromatic rings. The summed E-state index contributed by atoms with van der Waals surface area (Å²) < 4.78 is 0. The average Bonchev–Trinajstić information content (AvgIpc) is 2.89. The molecule has 0 bridgehead atoms. The lowest BCUT2D eigenvalue weighted by molar-refractivity contribution is 0.0780. The SMILES string of the molecule is Cc1cc(C)cc(C(CN)N2CCC3(CCCC3)CC2)c1. The first-order valence-corrected chi connectivity index (χ1v) is 8.64. The normalized spacial score (nSPS) is 23.6. The van der Waals surface area contributed by atoms with Crippen LogP contribution >= 0.6 is 0 Å². The van der Waals surface area contributed by atoms with Crippen molar-refractivity contribution in [2.45, 2.75) is 58.4 Å². The molecule has 3 rings (SSSR count). The molecule has 1 aliphatic heterocycles. The van der Waals surface area contributed by atoms with E-state index in [9.17, 15) is 0 Å². The smallest absolute Gasteiger partial charge is 0.0470 e. The highest BCUT2D eigenvalue weighted by Crippen LogP contribution is 2.47. The van der Waals surface area contributed by atoms with Crippen LogP contribution in [0.15, 0.2) is 18.2 Å². The maximum atomic E-state index is 6.14. The van der Waals surface area contributed by atoms with Crippen LogP contribution in [0.5, 0.6) is 0 Å². The number of piperidine rings is 1. The van der Waals surface area contributed by atoms with Gasteiger partial charge in [0.1, 0.15) is 0 Å². The largest absolute Gasteiger partial charge is 0.329 e. The van der Waals surface area contributed by atoms with Gasteiger partial charge in [-0.25, -0.2) is 0 Å². The van der Waals surface area contributed by atoms with E-state index in [-0.39, 0.29) is 0 Å². The third-order valence-corrected chi connectivity index (χ3v) is 5.82. The number of likely N-dealkylation sites (tertiary alicyclic amines) is 1. The van der Waals surface area contributed by atoms with Crippen molar-refractivity contribution in [3.05, 3.63) is 34.9 Å². The maximum absolute atomic E-state index is 6.14. The Hall–Kier alpha value is -0.860. The molecule has 1 saturated heterocycles. The molecule has 2 nitrogen and oxygen atoms in total. The predicted molar refractivity (Wildman–Crippen MR) is 89.4 cm³/mol. The Bertz CT molecular complexity index is 458. The van der Waals surface area contributed by atoms with Crippen LogP contribution in [0.3, 0.4) is 0 Å². The Morgan fingerprint density at radius 2 is 1.57 bits per heavy atom. The second-order valence-electron chi connectivity index (χ2n) is 7.42. The third-order valence-electron chi connectivity index (χ3n) is 5.82. The summed E-state index contributed by atoms with van der Waals surface area (Å²) >= 11 is 0. The molecule has 1 unspecified atom stereocenters. The summed E-state index contributed by atoms with van der Waals surface area (Å²) in [5.41, 5.74) is 11.0. The van der Waals surface area contributed by atoms with Crippen molar-refractivity contribution in [2.75, 3.05) is 19.6 Å². The zero-order chi connectivity index (χ0) is 14.9. The molecule has 1 spiro atoms. The molecule has 0 amide bonds. The van der Waals surface area contributed by atoms with Crippen molar-refractivity contribution in [3.63, 3.8) is 0 Å². The van der Waals surface area contributed by atoms with Gasteiger partial charge in [0.05, 0.1) is 0 Å². The van der Waals surface area contributed by atoms with Crippen molar-refractivity contribution < 1.29 is 0 Å². The van der Waals surface area contributed by atoms with E-state index in [0.29, 0.717) is 11.5 Å². The summed E-state index contributed by atoms with van der Waals surface area (Å²) in [6.45, 7) is 7.57. The Morgan fingerprint density at radius 3 is 2.10 bits per heavy atom. The molecule has 1 atom stereocenters. The summed E-state index contributed by atoms with van der Waals surface area (Å²) in [4.78, 5) is 2.64. The van der Waals surface area contributed by atoms with Gasteiger partial charge in [-0.05, 0) is 63.6 Å². The highest BCUT2D eigenvalue weighted by atomic mass is 15.2. The second-order valence-corrected chi connectivity index (χ2v) is 7.42. The maximum Gasteiger partial charge on any atom is 0.0470 e. The Morgan fingerprint density at radius 1 is 1.00 bits per heavy atom. The van der Waals surface area contributed by atoms with Crippen LogP contribution in [0.2, 0.25) is 0 Å². The first kappa shape index (κ1) is 15.1. The molecular formula is C19H30N2. The molecule has 1 aliphatic carbocycles. The number of rotatable bonds is 3. The van der Waals surface area contributed by atoms with E-state index in [1.165, 1.54) is 68.3 Å². The van der Waals surface area contributed by atoms with Gasteiger partial charge >= 0.3 is 0 Å². The van der Waals surface area contributed by atoms with Gasteiger partial charge < -0.3 is 5.73 Å². The standard InChI is InChI=1S/C19H30N2/c1-15-11-16(2)13-17(12-15)18(14-20)21-9-7-19(8-10-21)5-3-4-6-19/h11-13,18H,3-10,14,20H2,1-2H3. The van der Waals surface area contributed by atoms with E-state index in [0.717, 1.165) is 6.54 Å². The molecule has 2 N–H and O–H groups in total. The first-order chi connectivity index (χ1) is 10.1. The highest BCUT2D eigenvalue weighted by Gasteiger charge is 2.38. The van der Waals surface area contributed by atoms with Crippen LogP contribution in [-0.2, 0) is 0 Å². The zero-order valence-corrected chi connectivity index (χ0v) is 13.7. The van der Waals surface area contributed by atoms with E-state index < -0.39 is 0 Å². The topological polar surface area (TPSA) is 29.3 Å². The van der Waals surface area contributed by atoms with Gasteiger partial charge in [0.2, 0.25) is 0 Å². The third kappa shape index (κ3) is 3.17. The molecular weight excluding hydrogens is 256 g/mol. The van der Waals surface area contributed by atoms with Crippen molar-refractivity contribution in [3.8, 4) is 0 Å². The van der Waals surface area contributed by atoms with Crippen LogP contribution in [-0.4, -0.2) is 24.5 Å². The second kappa shape index (κ2) is 6.10. The minimum atomic E-state index is 0.405. The van der Waals surface area contributed by atoms with Crippen molar-refractivity contribution in [2.24, 2.45) is 11.1 Å². The molecule has 116 valence electrons. The van der Waals surface area contributed by atoms with Gasteiger partial charge in [0.25, 0.3) is 0 Å². The average molecular weight is 286 g/mol. The van der Waals surface area contributed by atoms with Gasteiger partial charge in [-0.3, -0.25) is 4.90 Å². The summed E-state index contributed by atoms with van der Waals surface area (Å²) in [7, 11) is 0. The zero-order valence-electron chi connectivity index (χ0n) is 13.7. The predicted octanol–water partition coefficient (Wildman–Crippen LogP) is 3.96. The number of benzene rings is 1. The summed E-state index contributed by atoms with van der Waals surface area (Å²) in [6.07, 6.45) is 8.62. The molecule has 1 saturated carbocycles. The summed E-state index contributed by atoms with van der Waals surface area (Å²) in [5, 5.41) is 0. The summed E-state index contributed by atoms with van der Waals surface area (Å²) in [6, 6.07) is 7.30. The van der Waals surface area contributed by atoms with Gasteiger partial charge in [0, 0.05) is 12.6 Å². The number of nitrogens with zero attached hydrogens (tertiary/aromatic N) is 1. The molecule has 2 heteroatoms. The van der Waals surface area contributed by atoms with Crippen LogP contribution in [0.1, 0.15) is 61.3 Å². The van der Waals surface area contributed by atoms with E-state index in [1.807, 2.05) is 0 Å². The Kier molecular flexibility index (Phi) is 4.37. The van der Waals surface area contributed by atoms with E-state index in [4.69, 9.17) is 5.73 Å². The monoisotopic (exact) mass is 286 g/mol. The van der Waals surface area contributed by atoms with Crippen LogP contribution in [0.4, 0.5) is 0 Å². The molecule has 1 aromatic carbocycles. The quantitative estimate of drug-likeness (QED) is 0.911. The number of hydrogen-bond donors (Lipinski definition) is 1. The molecule has 21 heavy (non-hydrogen) atoms. The highest BCUT2D eigenvalue weighted by molar-refractivity contribution is 5.31. The van der Waals surface area contributed by atoms with Gasteiger partial charge in [0.15, 0.2) is 0 Å². The lowest BCUT2D eigenvalue weighted by atomic mass is 9.76. The number of nitrogens with two attached hydrogens (primary N) is 1. The van der Waals surface area contributed by atoms with Crippen LogP contribution < -0.4 is 5.73 Å². The molecule has 0 radical (unpaired) electrons. The van der Waals surface area contributed by atoms with E-state index >= 15 is 0 Å². The molecule has 2 aliphatic rings. The van der Waals surface area contributed by atoms with Crippen molar-refractivity contribution >= 4 is 0 Å². The fourth-order valence-electron chi connectivity index (χ4n) is 4.63. The van der Waals surface area contributed by atoms with E-state index in [1.54, 1.807) is 0 Å². The van der Waals surface area contributed by atoms with E-state index in [2.05, 4.69) is 36.9 Å². The van der Waals surface area contributed by atoms with Gasteiger partial charge in [-0.1, -0.05) is 42.2 Å². The lowest BCUT2D eigenvalue weighted by Gasteiger charge is -2.42. The molecule has 2 fully saturated rings. The minimum absolute atomic E-state index is 0.405. The fraction of sp³-hybridized carbons (Fsp3) is 0.684. The van der Waals surface area contributed by atoms with Crippen molar-refractivity contribution in [1.82, 2.24) is 4.90 Å². The Balaban J connectivity index is 1.72. The first-order valence-electron chi connectivity index (χ1n) is 8.64. The van der Waals surface area contributed by atoms with Gasteiger partial charge in [-0.2, -0.15) is 0 Å². The fourth-order valence-corrected chi connectivity index (χ4v) is 4.63. The number of aryl methyl sites for hydroxylation is 2. The molecule has 1 heterocycles. The lowest BCUT2D eigenvalue weighted by Crippen LogP contribution is -2.43. The van der Waals surface area contributed by atoms with Gasteiger partial charge in [-0.15, -0.1) is 0 Å². The molecule has 0 aromatic heterocycles. The number of hydrogen-bond acceptors (Lipinski definition) is 2. The minimum Gasteiger partial charge on any atom is -0.329 e. The van der Waals surface area contributed by atoms with Crippen LogP contribution in [0.25, 0.3) is 0 Å². The van der Waals surface area contributed by atoms with Crippen LogP contribution in [0, 0.1) is 19.3 Å². The summed E-state index contributed by atoms with van der Waals surface area (Å²) in [5.74, 6) is 0. The Labute approximate surface area is 129 Å². The van der Waals surface area contributed by atoms with Crippen molar-refractivity contribution in [1.29, 1.82) is 0 Å².